The molecule has 0 aromatic heterocycles. The predicted molar refractivity (Wildman–Crippen MR) is 63.0 cm³/mol. The van der Waals surface area contributed by atoms with Gasteiger partial charge in [-0.25, -0.2) is 4.79 Å². The number of carbonyl (C=O) groups excluding carboxylic acids is 1. The number of amides is 1. The van der Waals surface area contributed by atoms with E-state index >= 15 is 0 Å². The Hall–Kier alpha value is -0.593. The Morgan fingerprint density at radius 1 is 1.56 bits per heavy atom. The third-order valence-electron chi connectivity index (χ3n) is 2.58. The number of alkyl carbamates (subject to hydrolysis) is 1. The van der Waals surface area contributed by atoms with Crippen molar-refractivity contribution in [2.75, 3.05) is 26.9 Å². The molecule has 0 bridgehead atoms. The first-order chi connectivity index (χ1) is 7.53. The second-order valence-electron chi connectivity index (χ2n) is 4.55. The summed E-state index contributed by atoms with van der Waals surface area (Å²) in [6.07, 6.45) is 0.709. The maximum absolute atomic E-state index is 11.2. The van der Waals surface area contributed by atoms with Crippen molar-refractivity contribution in [2.24, 2.45) is 0 Å². The van der Waals surface area contributed by atoms with E-state index in [1.165, 1.54) is 0 Å². The number of nitrogens with one attached hydrogen (secondary N) is 1. The van der Waals surface area contributed by atoms with E-state index in [1.54, 1.807) is 7.11 Å². The molecule has 1 aliphatic rings. The SMILES string of the molecule is CO[Si](C)(C)CCCNC(=O)OCC1CO1. The van der Waals surface area contributed by atoms with Crippen LogP contribution < -0.4 is 5.32 Å². The van der Waals surface area contributed by atoms with Crippen LogP contribution in [0.4, 0.5) is 4.79 Å². The number of carbonyl (C=O) groups is 1. The van der Waals surface area contributed by atoms with E-state index in [-0.39, 0.29) is 12.2 Å². The molecule has 6 heteroatoms. The molecule has 0 spiro atoms. The van der Waals surface area contributed by atoms with Gasteiger partial charge in [0.25, 0.3) is 0 Å². The molecule has 0 aromatic carbocycles. The van der Waals surface area contributed by atoms with Crippen molar-refractivity contribution < 1.29 is 18.7 Å². The molecule has 1 amide bonds. The fourth-order valence-electron chi connectivity index (χ4n) is 1.19. The number of hydrogen-bond donors (Lipinski definition) is 1. The van der Waals surface area contributed by atoms with E-state index in [1.807, 2.05) is 0 Å². The second kappa shape index (κ2) is 6.22. The van der Waals surface area contributed by atoms with E-state index in [0.29, 0.717) is 19.8 Å². The topological polar surface area (TPSA) is 60.1 Å². The highest BCUT2D eigenvalue weighted by molar-refractivity contribution is 6.71. The molecule has 1 aliphatic heterocycles. The van der Waals surface area contributed by atoms with Gasteiger partial charge in [-0.3, -0.25) is 0 Å². The molecule has 1 saturated heterocycles. The fourth-order valence-corrected chi connectivity index (χ4v) is 2.42. The van der Waals surface area contributed by atoms with Gasteiger partial charge in [0.1, 0.15) is 12.7 Å². The lowest BCUT2D eigenvalue weighted by atomic mass is 10.5. The zero-order chi connectivity index (χ0) is 12.0. The molecule has 0 radical (unpaired) electrons. The molecule has 5 nitrogen and oxygen atoms in total. The molecule has 1 atom stereocenters. The summed E-state index contributed by atoms with van der Waals surface area (Å²) in [5, 5.41) is 2.71. The van der Waals surface area contributed by atoms with Crippen molar-refractivity contribution in [2.45, 2.75) is 31.7 Å². The van der Waals surface area contributed by atoms with Gasteiger partial charge in [-0.1, -0.05) is 0 Å². The molecule has 1 fully saturated rings. The van der Waals surface area contributed by atoms with Crippen molar-refractivity contribution in [1.29, 1.82) is 0 Å². The molecular weight excluding hydrogens is 226 g/mol. The Kier molecular flexibility index (Phi) is 5.24. The first kappa shape index (κ1) is 13.5. The first-order valence-corrected chi connectivity index (χ1v) is 8.72. The maximum atomic E-state index is 11.2. The standard InChI is InChI=1S/C10H21NO4Si/c1-13-16(2,3)6-4-5-11-10(12)15-8-9-7-14-9/h9H,4-8H2,1-3H3,(H,11,12). The summed E-state index contributed by atoms with van der Waals surface area (Å²) in [7, 11) is 0.266. The van der Waals surface area contributed by atoms with Crippen molar-refractivity contribution in [3.05, 3.63) is 0 Å². The summed E-state index contributed by atoms with van der Waals surface area (Å²) in [6.45, 7) is 6.04. The van der Waals surface area contributed by atoms with Crippen LogP contribution in [0, 0.1) is 0 Å². The lowest BCUT2D eigenvalue weighted by molar-refractivity contribution is 0.136. The zero-order valence-electron chi connectivity index (χ0n) is 10.2. The normalized spacial score (nSPS) is 19.3. The monoisotopic (exact) mass is 247 g/mol. The zero-order valence-corrected chi connectivity index (χ0v) is 11.2. The summed E-state index contributed by atoms with van der Waals surface area (Å²) in [6, 6.07) is 1.04. The highest BCUT2D eigenvalue weighted by Gasteiger charge is 2.24. The molecule has 1 N–H and O–H groups in total. The van der Waals surface area contributed by atoms with Crippen LogP contribution in [-0.4, -0.2) is 47.4 Å². The fraction of sp³-hybridized carbons (Fsp3) is 0.900. The quantitative estimate of drug-likeness (QED) is 0.419. The minimum absolute atomic E-state index is 0.130. The van der Waals surface area contributed by atoms with Crippen LogP contribution in [0.5, 0.6) is 0 Å². The van der Waals surface area contributed by atoms with Gasteiger partial charge in [0.05, 0.1) is 6.61 Å². The minimum Gasteiger partial charge on any atom is -0.447 e. The second-order valence-corrected chi connectivity index (χ2v) is 8.98. The lowest BCUT2D eigenvalue weighted by Crippen LogP contribution is -2.31. The highest BCUT2D eigenvalue weighted by atomic mass is 28.4. The average Bonchev–Trinajstić information content (AvgIpc) is 3.05. The summed E-state index contributed by atoms with van der Waals surface area (Å²) >= 11 is 0. The number of ether oxygens (including phenoxy) is 2. The van der Waals surface area contributed by atoms with Crippen LogP contribution in [0.3, 0.4) is 0 Å². The third-order valence-corrected chi connectivity index (χ3v) is 5.24. The molecule has 0 aromatic rings. The van der Waals surface area contributed by atoms with Crippen molar-refractivity contribution in [3.63, 3.8) is 0 Å². The Labute approximate surface area is 97.6 Å². The van der Waals surface area contributed by atoms with Crippen LogP contribution in [0.2, 0.25) is 19.1 Å². The van der Waals surface area contributed by atoms with Crippen molar-refractivity contribution in [1.82, 2.24) is 5.32 Å². The third kappa shape index (κ3) is 6.09. The van der Waals surface area contributed by atoms with Gasteiger partial charge < -0.3 is 19.2 Å². The maximum Gasteiger partial charge on any atom is 0.407 e. The summed E-state index contributed by atoms with van der Waals surface area (Å²) in [4.78, 5) is 11.2. The number of rotatable bonds is 7. The minimum atomic E-state index is -1.49. The van der Waals surface area contributed by atoms with Crippen molar-refractivity contribution >= 4 is 14.4 Å². The van der Waals surface area contributed by atoms with Gasteiger partial charge in [0.15, 0.2) is 8.32 Å². The van der Waals surface area contributed by atoms with Gasteiger partial charge in [-0.2, -0.15) is 0 Å². The Morgan fingerprint density at radius 2 is 2.25 bits per heavy atom. The highest BCUT2D eigenvalue weighted by Crippen LogP contribution is 2.11. The molecule has 94 valence electrons. The van der Waals surface area contributed by atoms with E-state index in [2.05, 4.69) is 18.4 Å². The summed E-state index contributed by atoms with van der Waals surface area (Å²) < 4.78 is 15.3. The van der Waals surface area contributed by atoms with Gasteiger partial charge in [-0.15, -0.1) is 0 Å². The van der Waals surface area contributed by atoms with Crippen molar-refractivity contribution in [3.8, 4) is 0 Å². The van der Waals surface area contributed by atoms with Gasteiger partial charge >= 0.3 is 6.09 Å². The van der Waals surface area contributed by atoms with Crippen LogP contribution in [0.1, 0.15) is 6.42 Å². The van der Waals surface area contributed by atoms with Crippen LogP contribution >= 0.6 is 0 Å². The van der Waals surface area contributed by atoms with E-state index in [9.17, 15) is 4.79 Å². The van der Waals surface area contributed by atoms with Gasteiger partial charge in [0.2, 0.25) is 0 Å². The van der Waals surface area contributed by atoms with Gasteiger partial charge in [-0.05, 0) is 25.6 Å². The Balaban J connectivity index is 1.95. The molecule has 0 aliphatic carbocycles. The number of hydrogen-bond acceptors (Lipinski definition) is 4. The average molecular weight is 247 g/mol. The molecule has 1 unspecified atom stereocenters. The molecule has 0 saturated carbocycles. The first-order valence-electron chi connectivity index (χ1n) is 5.61. The smallest absolute Gasteiger partial charge is 0.407 e. The number of epoxide rings is 1. The molecule has 16 heavy (non-hydrogen) atoms. The lowest BCUT2D eigenvalue weighted by Gasteiger charge is -2.19. The van der Waals surface area contributed by atoms with Gasteiger partial charge in [0, 0.05) is 13.7 Å². The van der Waals surface area contributed by atoms with Crippen LogP contribution in [0.25, 0.3) is 0 Å². The summed E-state index contributed by atoms with van der Waals surface area (Å²) in [5.74, 6) is 0. The predicted octanol–water partition coefficient (Wildman–Crippen LogP) is 1.35. The van der Waals surface area contributed by atoms with Crippen LogP contribution in [-0.2, 0) is 13.9 Å². The van der Waals surface area contributed by atoms with E-state index < -0.39 is 8.32 Å². The van der Waals surface area contributed by atoms with E-state index in [0.717, 1.165) is 12.5 Å². The Morgan fingerprint density at radius 3 is 2.81 bits per heavy atom. The van der Waals surface area contributed by atoms with Crippen LogP contribution in [0.15, 0.2) is 0 Å². The summed E-state index contributed by atoms with van der Waals surface area (Å²) in [5.41, 5.74) is 0. The largest absolute Gasteiger partial charge is 0.447 e. The Bertz CT molecular complexity index is 231. The molecule has 1 rings (SSSR count). The molecular formula is C10H21NO4Si. The van der Waals surface area contributed by atoms with E-state index in [4.69, 9.17) is 13.9 Å². The molecule has 1 heterocycles.